The van der Waals surface area contributed by atoms with Crippen molar-refractivity contribution in [3.63, 3.8) is 0 Å². The number of furan rings is 1. The van der Waals surface area contributed by atoms with Gasteiger partial charge < -0.3 is 23.9 Å². The summed E-state index contributed by atoms with van der Waals surface area (Å²) in [6, 6.07) is 29.9. The van der Waals surface area contributed by atoms with E-state index in [0.29, 0.717) is 11.7 Å². The van der Waals surface area contributed by atoms with Gasteiger partial charge in [-0.3, -0.25) is 4.98 Å². The van der Waals surface area contributed by atoms with E-state index in [4.69, 9.17) is 21.4 Å². The average molecular weight is 521 g/mol. The van der Waals surface area contributed by atoms with E-state index in [0.717, 1.165) is 34.3 Å². The van der Waals surface area contributed by atoms with E-state index < -0.39 is 0 Å². The summed E-state index contributed by atoms with van der Waals surface area (Å²) < 4.78 is 14.0. The summed E-state index contributed by atoms with van der Waals surface area (Å²) >= 11 is 5.92. The van der Waals surface area contributed by atoms with Crippen molar-refractivity contribution in [3.8, 4) is 11.5 Å². The van der Waals surface area contributed by atoms with Gasteiger partial charge in [-0.2, -0.15) is 0 Å². The fourth-order valence-electron chi connectivity index (χ4n) is 5.18. The molecule has 4 heterocycles. The molecule has 3 aromatic heterocycles. The third-order valence-corrected chi connectivity index (χ3v) is 7.33. The fourth-order valence-corrected chi connectivity index (χ4v) is 5.52. The van der Waals surface area contributed by atoms with Crippen molar-refractivity contribution in [3.05, 3.63) is 132 Å². The van der Waals surface area contributed by atoms with E-state index in [-0.39, 0.29) is 12.1 Å². The molecule has 1 saturated heterocycles. The molecule has 0 radical (unpaired) electrons. The van der Waals surface area contributed by atoms with Crippen LogP contribution in [0.5, 0.6) is 11.5 Å². The topological polar surface area (TPSA) is 55.5 Å². The Kier molecular flexibility index (Phi) is 6.43. The number of rotatable bonds is 7. The van der Waals surface area contributed by atoms with Gasteiger partial charge in [-0.25, -0.2) is 0 Å². The zero-order chi connectivity index (χ0) is 26.1. The largest absolute Gasteiger partial charge is 0.467 e. The van der Waals surface area contributed by atoms with Gasteiger partial charge in [-0.1, -0.05) is 24.3 Å². The summed E-state index contributed by atoms with van der Waals surface area (Å²) in [5, 5.41) is 4.22. The van der Waals surface area contributed by atoms with Crippen LogP contribution in [0.1, 0.15) is 40.5 Å². The van der Waals surface area contributed by atoms with Crippen LogP contribution in [-0.4, -0.2) is 14.7 Å². The summed E-state index contributed by atoms with van der Waals surface area (Å²) in [4.78, 5) is 6.88. The molecular formula is C31H28N4O2S. The van der Waals surface area contributed by atoms with Crippen molar-refractivity contribution < 1.29 is 9.15 Å². The minimum atomic E-state index is -0.110. The van der Waals surface area contributed by atoms with Crippen LogP contribution < -0.4 is 15.0 Å². The molecule has 38 heavy (non-hydrogen) atoms. The molecule has 6 nitrogen and oxygen atoms in total. The molecule has 0 saturated carbocycles. The average Bonchev–Trinajstić information content (AvgIpc) is 3.65. The first-order valence-corrected chi connectivity index (χ1v) is 13.0. The minimum Gasteiger partial charge on any atom is -0.467 e. The van der Waals surface area contributed by atoms with Crippen LogP contribution in [0.25, 0.3) is 0 Å². The highest BCUT2D eigenvalue weighted by atomic mass is 32.1. The molecule has 1 N–H and O–H groups in total. The number of benzene rings is 2. The first-order chi connectivity index (χ1) is 18.6. The normalized spacial score (nSPS) is 17.0. The molecule has 0 unspecified atom stereocenters. The molecule has 6 rings (SSSR count). The lowest BCUT2D eigenvalue weighted by Gasteiger charge is -2.28. The zero-order valence-electron chi connectivity index (χ0n) is 21.2. The van der Waals surface area contributed by atoms with E-state index in [1.54, 1.807) is 6.26 Å². The molecule has 0 aliphatic carbocycles. The van der Waals surface area contributed by atoms with Gasteiger partial charge in [0.1, 0.15) is 17.3 Å². The van der Waals surface area contributed by atoms with Gasteiger partial charge in [0.2, 0.25) is 0 Å². The van der Waals surface area contributed by atoms with Gasteiger partial charge in [0, 0.05) is 23.3 Å². The number of thiocarbonyl (C=S) groups is 1. The van der Waals surface area contributed by atoms with Crippen LogP contribution in [0.4, 0.5) is 5.69 Å². The Morgan fingerprint density at radius 2 is 1.68 bits per heavy atom. The van der Waals surface area contributed by atoms with E-state index in [1.165, 1.54) is 11.3 Å². The molecule has 5 aromatic rings. The Morgan fingerprint density at radius 1 is 0.921 bits per heavy atom. The van der Waals surface area contributed by atoms with Crippen LogP contribution in [0.2, 0.25) is 0 Å². The molecular weight excluding hydrogens is 492 g/mol. The molecule has 0 amide bonds. The second kappa shape index (κ2) is 10.2. The first-order valence-electron chi connectivity index (χ1n) is 12.6. The van der Waals surface area contributed by atoms with Crippen molar-refractivity contribution in [1.82, 2.24) is 14.9 Å². The van der Waals surface area contributed by atoms with Crippen molar-refractivity contribution in [1.29, 1.82) is 0 Å². The van der Waals surface area contributed by atoms with E-state index in [2.05, 4.69) is 57.9 Å². The number of hydrogen-bond acceptors (Lipinski definition) is 4. The first kappa shape index (κ1) is 24.0. The van der Waals surface area contributed by atoms with Gasteiger partial charge in [-0.05, 0) is 98.4 Å². The number of hydrogen-bond donors (Lipinski definition) is 1. The lowest BCUT2D eigenvalue weighted by atomic mass is 9.96. The van der Waals surface area contributed by atoms with Crippen LogP contribution >= 0.6 is 12.2 Å². The number of para-hydroxylation sites is 1. The molecule has 0 bridgehead atoms. The molecule has 1 aliphatic rings. The smallest absolute Gasteiger partial charge is 0.174 e. The second-order valence-electron chi connectivity index (χ2n) is 9.40. The maximum atomic E-state index is 6.02. The Bertz CT molecular complexity index is 1530. The molecule has 2 aromatic carbocycles. The van der Waals surface area contributed by atoms with Crippen molar-refractivity contribution in [2.45, 2.75) is 32.5 Å². The van der Waals surface area contributed by atoms with E-state index >= 15 is 0 Å². The Hall–Kier alpha value is -4.36. The van der Waals surface area contributed by atoms with Crippen LogP contribution in [0.3, 0.4) is 0 Å². The third kappa shape index (κ3) is 4.57. The van der Waals surface area contributed by atoms with Gasteiger partial charge in [-0.15, -0.1) is 0 Å². The lowest BCUT2D eigenvalue weighted by Crippen LogP contribution is -2.29. The van der Waals surface area contributed by atoms with Crippen LogP contribution in [0, 0.1) is 13.8 Å². The minimum absolute atomic E-state index is 0.0881. The quantitative estimate of drug-likeness (QED) is 0.231. The number of aromatic nitrogens is 2. The van der Waals surface area contributed by atoms with Crippen LogP contribution in [0.15, 0.2) is 108 Å². The second-order valence-corrected chi connectivity index (χ2v) is 9.78. The maximum Gasteiger partial charge on any atom is 0.174 e. The number of nitrogens with one attached hydrogen (secondary N) is 1. The SMILES string of the molecule is Cc1cc([C@@H]2[C@@H](c3ccccn3)NC(=S)N2c2ccc(Oc3ccccc3)cc2)c(C)n1Cc1ccco1. The van der Waals surface area contributed by atoms with Gasteiger partial charge >= 0.3 is 0 Å². The van der Waals surface area contributed by atoms with Crippen molar-refractivity contribution in [2.75, 3.05) is 4.90 Å². The lowest BCUT2D eigenvalue weighted by molar-refractivity contribution is 0.482. The predicted molar refractivity (Wildman–Crippen MR) is 153 cm³/mol. The highest BCUT2D eigenvalue weighted by Crippen LogP contribution is 2.43. The Labute approximate surface area is 227 Å². The fraction of sp³-hybridized carbons (Fsp3) is 0.161. The Morgan fingerprint density at radius 3 is 2.39 bits per heavy atom. The van der Waals surface area contributed by atoms with Crippen molar-refractivity contribution >= 4 is 23.0 Å². The molecule has 0 spiro atoms. The van der Waals surface area contributed by atoms with Gasteiger partial charge in [0.25, 0.3) is 0 Å². The third-order valence-electron chi connectivity index (χ3n) is 7.02. The molecule has 7 heteroatoms. The van der Waals surface area contributed by atoms with Gasteiger partial charge in [0.15, 0.2) is 5.11 Å². The number of nitrogens with zero attached hydrogens (tertiary/aromatic N) is 3. The van der Waals surface area contributed by atoms with Crippen molar-refractivity contribution in [2.24, 2.45) is 0 Å². The highest BCUT2D eigenvalue weighted by Gasteiger charge is 2.42. The molecule has 1 fully saturated rings. The predicted octanol–water partition coefficient (Wildman–Crippen LogP) is 7.11. The standard InChI is InChI=1S/C31H28N4O2S/c1-21-19-27(22(2)34(21)20-26-11-8-18-36-26)30-29(28-12-6-7-17-32-28)33-31(38)35(30)23-13-15-25(16-14-23)37-24-9-4-3-5-10-24/h3-19,29-30H,20H2,1-2H3,(H,33,38)/t29-,30-/m1/s1. The summed E-state index contributed by atoms with van der Waals surface area (Å²) in [7, 11) is 0. The maximum absolute atomic E-state index is 6.02. The number of pyridine rings is 1. The number of anilines is 1. The van der Waals surface area contributed by atoms with Crippen LogP contribution in [-0.2, 0) is 6.54 Å². The molecule has 2 atom stereocenters. The number of ether oxygens (including phenoxy) is 1. The summed E-state index contributed by atoms with van der Waals surface area (Å²) in [6.45, 7) is 4.97. The highest BCUT2D eigenvalue weighted by molar-refractivity contribution is 7.80. The zero-order valence-corrected chi connectivity index (χ0v) is 22.1. The summed E-state index contributed by atoms with van der Waals surface area (Å²) in [5.74, 6) is 2.49. The van der Waals surface area contributed by atoms with Gasteiger partial charge in [0.05, 0.1) is 30.6 Å². The summed E-state index contributed by atoms with van der Waals surface area (Å²) in [6.07, 6.45) is 3.55. The monoisotopic (exact) mass is 520 g/mol. The van der Waals surface area contributed by atoms with E-state index in [9.17, 15) is 0 Å². The molecule has 1 aliphatic heterocycles. The summed E-state index contributed by atoms with van der Waals surface area (Å²) in [5.41, 5.74) is 5.47. The van der Waals surface area contributed by atoms with E-state index in [1.807, 2.05) is 72.9 Å². The number of aryl methyl sites for hydroxylation is 1. The Balaban J connectivity index is 1.38. The molecule has 190 valence electrons.